The summed E-state index contributed by atoms with van der Waals surface area (Å²) in [4.78, 5) is 5.21. The van der Waals surface area contributed by atoms with Crippen molar-refractivity contribution in [3.8, 4) is 11.1 Å². The number of fused-ring (bicyclic) bond motifs is 8. The SMILES string of the molecule is c1ccc(-c2ccc3c4ccccc4c4nc5ccc(P(c6ccccc6)c6ccccc6)cc5n4c3c2)cc1. The van der Waals surface area contributed by atoms with Crippen LogP contribution in [0, 0.1) is 0 Å². The van der Waals surface area contributed by atoms with Gasteiger partial charge in [0.25, 0.3) is 0 Å². The van der Waals surface area contributed by atoms with Crippen LogP contribution in [-0.4, -0.2) is 9.38 Å². The van der Waals surface area contributed by atoms with Crippen LogP contribution < -0.4 is 15.9 Å². The Morgan fingerprint density at radius 3 is 1.75 bits per heavy atom. The van der Waals surface area contributed by atoms with Gasteiger partial charge in [-0.05, 0) is 58.5 Å². The van der Waals surface area contributed by atoms with Crippen molar-refractivity contribution >= 4 is 62.2 Å². The molecule has 0 aliphatic rings. The van der Waals surface area contributed by atoms with Gasteiger partial charge >= 0.3 is 0 Å². The Morgan fingerprint density at radius 1 is 0.425 bits per heavy atom. The van der Waals surface area contributed by atoms with Crippen molar-refractivity contribution < 1.29 is 0 Å². The lowest BCUT2D eigenvalue weighted by atomic mass is 10.0. The van der Waals surface area contributed by atoms with Gasteiger partial charge in [-0.25, -0.2) is 4.98 Å². The lowest BCUT2D eigenvalue weighted by Gasteiger charge is -2.19. The molecule has 0 N–H and O–H groups in total. The summed E-state index contributed by atoms with van der Waals surface area (Å²) in [7, 11) is -0.717. The second-order valence-corrected chi connectivity index (χ2v) is 12.3. The molecule has 0 aliphatic carbocycles. The third kappa shape index (κ3) is 3.72. The van der Waals surface area contributed by atoms with E-state index in [9.17, 15) is 0 Å². The van der Waals surface area contributed by atoms with Crippen molar-refractivity contribution in [3.05, 3.63) is 152 Å². The molecule has 3 heteroatoms. The summed E-state index contributed by atoms with van der Waals surface area (Å²) < 4.78 is 2.38. The van der Waals surface area contributed by atoms with Crippen molar-refractivity contribution in [1.29, 1.82) is 0 Å². The molecule has 8 aromatic rings. The van der Waals surface area contributed by atoms with Crippen molar-refractivity contribution in [2.24, 2.45) is 0 Å². The average molecular weight is 529 g/mol. The van der Waals surface area contributed by atoms with E-state index < -0.39 is 7.92 Å². The minimum absolute atomic E-state index is 0.717. The first-order chi connectivity index (χ1) is 19.8. The first kappa shape index (κ1) is 23.1. The van der Waals surface area contributed by atoms with E-state index in [1.54, 1.807) is 0 Å². The first-order valence-corrected chi connectivity index (χ1v) is 14.9. The largest absolute Gasteiger partial charge is 0.292 e. The van der Waals surface area contributed by atoms with E-state index in [2.05, 4.69) is 156 Å². The fraction of sp³-hybridized carbons (Fsp3) is 0. The van der Waals surface area contributed by atoms with Gasteiger partial charge in [0.15, 0.2) is 0 Å². The number of nitrogens with zero attached hydrogens (tertiary/aromatic N) is 2. The predicted octanol–water partition coefficient (Wildman–Crippen LogP) is 8.22. The summed E-state index contributed by atoms with van der Waals surface area (Å²) in [5, 5.41) is 7.66. The Kier molecular flexibility index (Phi) is 5.47. The van der Waals surface area contributed by atoms with Crippen molar-refractivity contribution in [2.75, 3.05) is 0 Å². The zero-order chi connectivity index (χ0) is 26.5. The molecule has 0 amide bonds. The molecule has 40 heavy (non-hydrogen) atoms. The average Bonchev–Trinajstić information content (AvgIpc) is 3.42. The fourth-order valence-electron chi connectivity index (χ4n) is 5.90. The van der Waals surface area contributed by atoms with Crippen LogP contribution in [0.4, 0.5) is 0 Å². The Labute approximate surface area is 233 Å². The van der Waals surface area contributed by atoms with E-state index in [0.717, 1.165) is 16.7 Å². The quantitative estimate of drug-likeness (QED) is 0.166. The molecule has 188 valence electrons. The van der Waals surface area contributed by atoms with Crippen molar-refractivity contribution in [2.45, 2.75) is 0 Å². The number of benzene rings is 6. The van der Waals surface area contributed by atoms with Crippen molar-refractivity contribution in [3.63, 3.8) is 0 Å². The molecular weight excluding hydrogens is 503 g/mol. The van der Waals surface area contributed by atoms with Gasteiger partial charge in [-0.1, -0.05) is 133 Å². The molecule has 0 radical (unpaired) electrons. The van der Waals surface area contributed by atoms with Gasteiger partial charge in [0, 0.05) is 10.8 Å². The Morgan fingerprint density at radius 2 is 1.05 bits per heavy atom. The third-order valence-corrected chi connectivity index (χ3v) is 10.2. The van der Waals surface area contributed by atoms with Crippen LogP contribution in [0.15, 0.2) is 152 Å². The molecule has 8 rings (SSSR count). The molecule has 0 unspecified atom stereocenters. The van der Waals surface area contributed by atoms with Crippen LogP contribution in [0.1, 0.15) is 0 Å². The maximum Gasteiger partial charge on any atom is 0.146 e. The molecule has 0 fully saturated rings. The van der Waals surface area contributed by atoms with Gasteiger partial charge in [0.05, 0.1) is 16.6 Å². The molecule has 2 aromatic heterocycles. The summed E-state index contributed by atoms with van der Waals surface area (Å²) in [6.45, 7) is 0. The number of aromatic nitrogens is 2. The van der Waals surface area contributed by atoms with E-state index in [1.165, 1.54) is 48.7 Å². The topological polar surface area (TPSA) is 17.3 Å². The fourth-order valence-corrected chi connectivity index (χ4v) is 8.21. The van der Waals surface area contributed by atoms with E-state index in [4.69, 9.17) is 4.98 Å². The second-order valence-electron chi connectivity index (χ2n) is 10.1. The van der Waals surface area contributed by atoms with Gasteiger partial charge in [-0.15, -0.1) is 0 Å². The summed E-state index contributed by atoms with van der Waals surface area (Å²) in [6.07, 6.45) is 0. The third-order valence-electron chi connectivity index (χ3n) is 7.73. The Bertz CT molecular complexity index is 2110. The predicted molar refractivity (Wildman–Crippen MR) is 172 cm³/mol. The standard InChI is InChI=1S/C37H25N2P/c1-4-12-26(13-5-1)27-20-22-32-31-18-10-11-19-33(31)37-38-34-23-21-30(25-36(34)39(37)35(32)24-27)40(28-14-6-2-7-15-28)29-16-8-3-9-17-29/h1-25H. The highest BCUT2D eigenvalue weighted by molar-refractivity contribution is 7.79. The van der Waals surface area contributed by atoms with Gasteiger partial charge in [-0.3, -0.25) is 4.40 Å². The maximum atomic E-state index is 5.21. The number of imidazole rings is 1. The van der Waals surface area contributed by atoms with Crippen LogP contribution >= 0.6 is 7.92 Å². The molecule has 0 atom stereocenters. The normalized spacial score (nSPS) is 11.7. The molecule has 0 spiro atoms. The maximum absolute atomic E-state index is 5.21. The summed E-state index contributed by atoms with van der Waals surface area (Å²) in [5.41, 5.74) is 6.77. The van der Waals surface area contributed by atoms with Crippen molar-refractivity contribution in [1.82, 2.24) is 9.38 Å². The minimum atomic E-state index is -0.717. The van der Waals surface area contributed by atoms with E-state index in [0.29, 0.717) is 0 Å². The van der Waals surface area contributed by atoms with Crippen LogP contribution in [0.3, 0.4) is 0 Å². The molecule has 6 aromatic carbocycles. The van der Waals surface area contributed by atoms with Gasteiger partial charge < -0.3 is 0 Å². The second kappa shape index (κ2) is 9.45. The molecule has 2 heterocycles. The first-order valence-electron chi connectivity index (χ1n) is 13.6. The Hall–Kier alpha value is -4.78. The zero-order valence-electron chi connectivity index (χ0n) is 21.8. The monoisotopic (exact) mass is 528 g/mol. The number of pyridine rings is 1. The van der Waals surface area contributed by atoms with Gasteiger partial charge in [-0.2, -0.15) is 0 Å². The minimum Gasteiger partial charge on any atom is -0.292 e. The molecule has 0 bridgehead atoms. The van der Waals surface area contributed by atoms with Crippen LogP contribution in [0.2, 0.25) is 0 Å². The molecule has 0 saturated heterocycles. The van der Waals surface area contributed by atoms with E-state index in [1.807, 2.05) is 0 Å². The van der Waals surface area contributed by atoms with E-state index in [-0.39, 0.29) is 0 Å². The highest BCUT2D eigenvalue weighted by Crippen LogP contribution is 2.37. The van der Waals surface area contributed by atoms with E-state index >= 15 is 0 Å². The van der Waals surface area contributed by atoms with Crippen LogP contribution in [0.5, 0.6) is 0 Å². The van der Waals surface area contributed by atoms with Crippen LogP contribution in [0.25, 0.3) is 49.5 Å². The smallest absolute Gasteiger partial charge is 0.146 e. The highest BCUT2D eigenvalue weighted by Gasteiger charge is 2.19. The van der Waals surface area contributed by atoms with Crippen LogP contribution in [-0.2, 0) is 0 Å². The number of hydrogen-bond acceptors (Lipinski definition) is 1. The van der Waals surface area contributed by atoms with Gasteiger partial charge in [0.2, 0.25) is 0 Å². The number of rotatable bonds is 4. The zero-order valence-corrected chi connectivity index (χ0v) is 22.7. The van der Waals surface area contributed by atoms with Gasteiger partial charge in [0.1, 0.15) is 5.65 Å². The molecule has 0 aliphatic heterocycles. The molecule has 0 saturated carbocycles. The highest BCUT2D eigenvalue weighted by atomic mass is 31.1. The summed E-state index contributed by atoms with van der Waals surface area (Å²) in [5.74, 6) is 0. The summed E-state index contributed by atoms with van der Waals surface area (Å²) in [6, 6.07) is 54.8. The lowest BCUT2D eigenvalue weighted by molar-refractivity contribution is 1.32. The summed E-state index contributed by atoms with van der Waals surface area (Å²) >= 11 is 0. The molecule has 2 nitrogen and oxygen atoms in total. The Balaban J connectivity index is 1.46. The number of hydrogen-bond donors (Lipinski definition) is 0. The lowest BCUT2D eigenvalue weighted by Crippen LogP contribution is -2.20. The molecular formula is C37H25N2P.